The number of carbonyl (C=O) groups is 4. The number of aryl methyl sites for hydroxylation is 1. The minimum absolute atomic E-state index is 0.00747. The topological polar surface area (TPSA) is 282 Å². The molecule has 4 aromatic carbocycles. The minimum Gasteiger partial charge on any atom is -0.497 e. The van der Waals surface area contributed by atoms with Crippen LogP contribution in [0.15, 0.2) is 201 Å². The Morgan fingerprint density at radius 2 is 0.822 bits per heavy atom. The molecular formula is C75H54Cl2F2N12O6S4. The van der Waals surface area contributed by atoms with Crippen molar-refractivity contribution in [3.05, 3.63) is 273 Å². The van der Waals surface area contributed by atoms with Crippen molar-refractivity contribution >= 4 is 112 Å². The molecule has 0 atom stereocenters. The van der Waals surface area contributed by atoms with Gasteiger partial charge in [-0.2, -0.15) is 21.0 Å². The average molecular weight is 1460 g/mol. The van der Waals surface area contributed by atoms with E-state index in [1.54, 1.807) is 106 Å². The van der Waals surface area contributed by atoms with Crippen molar-refractivity contribution in [2.45, 2.75) is 32.6 Å². The number of benzene rings is 4. The third-order valence-electron chi connectivity index (χ3n) is 14.3. The van der Waals surface area contributed by atoms with Gasteiger partial charge < -0.3 is 30.7 Å². The molecule has 0 aliphatic rings. The number of ether oxygens (including phenoxy) is 2. The fraction of sp³-hybridized carbons (Fsp3) is 0.0933. The fourth-order valence-corrected chi connectivity index (χ4v) is 14.0. The molecule has 4 N–H and O–H groups in total. The number of anilines is 4. The van der Waals surface area contributed by atoms with Gasteiger partial charge in [0.05, 0.1) is 62.2 Å². The van der Waals surface area contributed by atoms with Crippen LogP contribution in [-0.2, 0) is 44.9 Å². The number of methoxy groups -OCH3 is 2. The average Bonchev–Trinajstić information content (AvgIpc) is 1.75. The molecule has 0 saturated carbocycles. The second-order valence-corrected chi connectivity index (χ2v) is 26.3. The summed E-state index contributed by atoms with van der Waals surface area (Å²) in [4.78, 5) is 68.7. The van der Waals surface area contributed by atoms with Crippen LogP contribution in [-0.4, -0.2) is 57.8 Å². The van der Waals surface area contributed by atoms with E-state index in [4.69, 9.17) is 32.7 Å². The monoisotopic (exact) mass is 1450 g/mol. The minimum atomic E-state index is -0.535. The molecule has 26 heteroatoms. The molecule has 8 aromatic heterocycles. The van der Waals surface area contributed by atoms with E-state index in [1.165, 1.54) is 75.7 Å². The summed E-state index contributed by atoms with van der Waals surface area (Å²) in [6.45, 7) is 2.00. The van der Waals surface area contributed by atoms with Crippen LogP contribution in [0.3, 0.4) is 0 Å². The highest BCUT2D eigenvalue weighted by molar-refractivity contribution is 7.21. The molecule has 0 saturated heterocycles. The summed E-state index contributed by atoms with van der Waals surface area (Å²) in [5.41, 5.74) is 8.84. The van der Waals surface area contributed by atoms with Crippen LogP contribution in [0.2, 0.25) is 10.0 Å². The molecule has 12 aromatic rings. The highest BCUT2D eigenvalue weighted by Crippen LogP contribution is 2.39. The maximum absolute atomic E-state index is 13.8. The number of hydrogen-bond acceptors (Lipinski definition) is 18. The van der Waals surface area contributed by atoms with Gasteiger partial charge in [-0.15, -0.1) is 45.3 Å². The van der Waals surface area contributed by atoms with Gasteiger partial charge in [-0.25, -0.2) is 8.78 Å². The Morgan fingerprint density at radius 1 is 0.436 bits per heavy atom. The van der Waals surface area contributed by atoms with Crippen molar-refractivity contribution in [2.75, 3.05) is 35.5 Å². The van der Waals surface area contributed by atoms with E-state index in [1.807, 2.05) is 79.7 Å². The Labute approximate surface area is 605 Å². The first kappa shape index (κ1) is 73.4. The first-order valence-corrected chi connectivity index (χ1v) is 34.1. The Bertz CT molecular complexity index is 5090. The van der Waals surface area contributed by atoms with Crippen molar-refractivity contribution in [3.8, 4) is 77.5 Å². The summed E-state index contributed by atoms with van der Waals surface area (Å²) in [7, 11) is 3.12. The third kappa shape index (κ3) is 20.6. The summed E-state index contributed by atoms with van der Waals surface area (Å²) in [6.07, 6.45) is 13.6. The van der Waals surface area contributed by atoms with Gasteiger partial charge in [-0.1, -0.05) is 71.2 Å². The Balaban J connectivity index is 0.000000157. The molecule has 0 fully saturated rings. The molecule has 12 rings (SSSR count). The van der Waals surface area contributed by atoms with Gasteiger partial charge in [0.25, 0.3) is 0 Å². The molecule has 8 heterocycles. The van der Waals surface area contributed by atoms with Gasteiger partial charge in [0.15, 0.2) is 0 Å². The van der Waals surface area contributed by atoms with Crippen molar-refractivity contribution in [2.24, 2.45) is 0 Å². The molecular weight excluding hydrogens is 1400 g/mol. The fourth-order valence-electron chi connectivity index (χ4n) is 9.46. The van der Waals surface area contributed by atoms with Gasteiger partial charge in [-0.05, 0) is 143 Å². The molecule has 18 nitrogen and oxygen atoms in total. The number of nitrogens with one attached hydrogen (secondary N) is 4. The van der Waals surface area contributed by atoms with E-state index in [0.717, 1.165) is 64.5 Å². The van der Waals surface area contributed by atoms with Gasteiger partial charge in [-0.3, -0.25) is 39.1 Å². The van der Waals surface area contributed by atoms with Crippen molar-refractivity contribution in [1.82, 2.24) is 19.9 Å². The van der Waals surface area contributed by atoms with E-state index in [-0.39, 0.29) is 59.0 Å². The predicted molar refractivity (Wildman–Crippen MR) is 392 cm³/mol. The van der Waals surface area contributed by atoms with E-state index in [0.29, 0.717) is 59.3 Å². The summed E-state index contributed by atoms with van der Waals surface area (Å²) >= 11 is 17.2. The molecule has 0 bridgehead atoms. The number of carbonyl (C=O) groups excluding carboxylic acids is 4. The largest absolute Gasteiger partial charge is 0.497 e. The number of halogens is 4. The SMILES string of the molecule is COc1ccc(CC(=O)Nc2sc(-c3ccncc3)cc2C#N)c(OC)c1.Cc1cccc(CC(=O)Nc2sc(-c3ccncc3)cc2C#N)c1.N#Cc1cc(-c2ccncc2)sc1NC(=O)Cc1c(F)cccc1Cl.N#Cc1cc(-c2ccncc2)sc1NC(=O)Cc1ccc(F)cc1Cl. The first-order valence-electron chi connectivity index (χ1n) is 30.0. The lowest BCUT2D eigenvalue weighted by molar-refractivity contribution is -0.116. The van der Waals surface area contributed by atoms with E-state index in [2.05, 4.69) is 65.5 Å². The standard InChI is InChI=1S/C20H17N3O3S.C19H15N3OS.2C18H11ClFN3OS/c1-25-16-4-3-14(17(11-16)26-2)10-19(24)23-20-15(12-21)9-18(27-20)13-5-7-22-8-6-13;1-13-3-2-4-14(9-13)10-18(23)22-19-16(12-20)11-17(24-19)15-5-7-21-8-6-15;19-15-9-14(20)2-1-12(15)8-17(24)23-18-13(10-21)7-16(25-18)11-3-5-22-6-4-11;19-14-2-1-3-15(20)13(14)9-17(24)23-18-12(10-21)8-16(25-18)11-4-6-22-7-5-11/h3-9,11H,10H2,1-2H3,(H,23,24);2-9,11H,10H2,1H3,(H,22,23);1-7,9H,8H2,(H,23,24);1-8H,9H2,(H,23,24). The maximum Gasteiger partial charge on any atom is 0.229 e. The maximum atomic E-state index is 13.8. The zero-order chi connectivity index (χ0) is 71.8. The second-order valence-electron chi connectivity index (χ2n) is 21.3. The van der Waals surface area contributed by atoms with Crippen molar-refractivity contribution < 1.29 is 37.4 Å². The summed E-state index contributed by atoms with van der Waals surface area (Å²) in [6, 6.07) is 51.5. The molecule has 0 radical (unpaired) electrons. The molecule has 0 spiro atoms. The highest BCUT2D eigenvalue weighted by Gasteiger charge is 2.20. The van der Waals surface area contributed by atoms with Crippen LogP contribution < -0.4 is 30.7 Å². The quantitative estimate of drug-likeness (QED) is 0.0622. The Morgan fingerprint density at radius 3 is 1.20 bits per heavy atom. The lowest BCUT2D eigenvalue weighted by Crippen LogP contribution is -2.15. The lowest BCUT2D eigenvalue weighted by Gasteiger charge is -2.10. The van der Waals surface area contributed by atoms with Gasteiger partial charge >= 0.3 is 0 Å². The molecule has 0 aliphatic heterocycles. The molecule has 101 heavy (non-hydrogen) atoms. The third-order valence-corrected chi connectivity index (χ3v) is 19.4. The first-order chi connectivity index (χ1) is 48.9. The number of pyridine rings is 4. The van der Waals surface area contributed by atoms with Crippen LogP contribution in [0, 0.1) is 63.9 Å². The van der Waals surface area contributed by atoms with E-state index in [9.17, 15) is 49.0 Å². The van der Waals surface area contributed by atoms with E-state index >= 15 is 0 Å². The number of amides is 4. The number of nitrogens with zero attached hydrogens (tertiary/aromatic N) is 8. The molecule has 0 unspecified atom stereocenters. The smallest absolute Gasteiger partial charge is 0.229 e. The molecule has 0 aliphatic carbocycles. The number of thiophene rings is 4. The zero-order valence-electron chi connectivity index (χ0n) is 53.6. The molecule has 4 amide bonds. The summed E-state index contributed by atoms with van der Waals surface area (Å²) in [5.74, 6) is -0.872. The number of rotatable bonds is 18. The summed E-state index contributed by atoms with van der Waals surface area (Å²) < 4.78 is 37.4. The Kier molecular flexibility index (Phi) is 26.3. The number of aromatic nitrogens is 4. The normalized spacial score (nSPS) is 10.2. The van der Waals surface area contributed by atoms with Crippen molar-refractivity contribution in [3.63, 3.8) is 0 Å². The number of hydrogen-bond donors (Lipinski definition) is 4. The molecule has 502 valence electrons. The summed E-state index contributed by atoms with van der Waals surface area (Å²) in [5, 5.41) is 50.8. The van der Waals surface area contributed by atoms with Crippen LogP contribution in [0.5, 0.6) is 11.5 Å². The van der Waals surface area contributed by atoms with Crippen LogP contribution >= 0.6 is 68.5 Å². The second kappa shape index (κ2) is 36.1. The predicted octanol–water partition coefficient (Wildman–Crippen LogP) is 17.4. The van der Waals surface area contributed by atoms with Crippen molar-refractivity contribution in [1.29, 1.82) is 21.0 Å². The zero-order valence-corrected chi connectivity index (χ0v) is 58.3. The van der Waals surface area contributed by atoms with Crippen LogP contribution in [0.1, 0.15) is 50.1 Å². The van der Waals surface area contributed by atoms with Gasteiger partial charge in [0.1, 0.15) is 67.4 Å². The van der Waals surface area contributed by atoms with E-state index < -0.39 is 17.5 Å². The Hall–Kier alpha value is -11.8. The van der Waals surface area contributed by atoms with Gasteiger partial charge in [0, 0.05) is 96.3 Å². The number of nitriles is 4. The van der Waals surface area contributed by atoms with Crippen LogP contribution in [0.4, 0.5) is 28.8 Å². The highest BCUT2D eigenvalue weighted by atomic mass is 35.5. The van der Waals surface area contributed by atoms with Gasteiger partial charge in [0.2, 0.25) is 23.6 Å². The van der Waals surface area contributed by atoms with Crippen LogP contribution in [0.25, 0.3) is 41.8 Å². The lowest BCUT2D eigenvalue weighted by atomic mass is 10.1.